The highest BCUT2D eigenvalue weighted by molar-refractivity contribution is 5.95. The lowest BCUT2D eigenvalue weighted by Gasteiger charge is -2.16. The van der Waals surface area contributed by atoms with Crippen molar-refractivity contribution in [3.8, 4) is 0 Å². The number of primary amides is 1. The molecule has 6 heteroatoms. The maximum absolute atomic E-state index is 12.6. The Bertz CT molecular complexity index is 991. The number of nitrogens with zero attached hydrogens (tertiary/aromatic N) is 1. The Labute approximate surface area is 217 Å². The van der Waals surface area contributed by atoms with E-state index in [1.165, 1.54) is 12.6 Å². The van der Waals surface area contributed by atoms with E-state index < -0.39 is 0 Å². The highest BCUT2D eigenvalue weighted by atomic mass is 16.2. The van der Waals surface area contributed by atoms with E-state index in [0.29, 0.717) is 18.7 Å². The fourth-order valence-corrected chi connectivity index (χ4v) is 3.14. The molecule has 0 aliphatic heterocycles. The van der Waals surface area contributed by atoms with E-state index in [1.807, 2.05) is 62.2 Å². The minimum atomic E-state index is -0.348. The lowest BCUT2D eigenvalue weighted by molar-refractivity contribution is -0.118. The maximum atomic E-state index is 12.6. The first-order valence-corrected chi connectivity index (χ1v) is 12.3. The number of hydrogen-bond donors (Lipinski definition) is 3. The molecule has 2 rings (SSSR count). The number of amides is 2. The zero-order chi connectivity index (χ0) is 27.5. The summed E-state index contributed by atoms with van der Waals surface area (Å²) in [5.41, 5.74) is 15.7. The van der Waals surface area contributed by atoms with Gasteiger partial charge in [0.25, 0.3) is 5.91 Å². The van der Waals surface area contributed by atoms with Gasteiger partial charge in [0.15, 0.2) is 0 Å². The van der Waals surface area contributed by atoms with Gasteiger partial charge in [-0.1, -0.05) is 93.6 Å². The Morgan fingerprint density at radius 2 is 1.50 bits per heavy atom. The average molecular weight is 493 g/mol. The second-order valence-corrected chi connectivity index (χ2v) is 7.93. The summed E-state index contributed by atoms with van der Waals surface area (Å²) in [4.78, 5) is 25.5. The monoisotopic (exact) mass is 492 g/mol. The van der Waals surface area contributed by atoms with Gasteiger partial charge in [0.05, 0.1) is 12.0 Å². The summed E-state index contributed by atoms with van der Waals surface area (Å²) >= 11 is 0. The largest absolute Gasteiger partial charge is 0.375 e. The van der Waals surface area contributed by atoms with Crippen LogP contribution in [0.25, 0.3) is 6.08 Å². The number of hydrogen-bond acceptors (Lipinski definition) is 4. The molecular formula is C30H44N4O2. The molecule has 0 radical (unpaired) electrons. The van der Waals surface area contributed by atoms with Crippen molar-refractivity contribution in [2.45, 2.75) is 53.6 Å². The molecule has 0 aliphatic carbocycles. The quantitative estimate of drug-likeness (QED) is 0.305. The van der Waals surface area contributed by atoms with Gasteiger partial charge in [-0.2, -0.15) is 0 Å². The van der Waals surface area contributed by atoms with Crippen LogP contribution in [0.4, 0.5) is 0 Å². The number of carbonyl (C=O) groups is 2. The lowest BCUT2D eigenvalue weighted by Crippen LogP contribution is -2.25. The summed E-state index contributed by atoms with van der Waals surface area (Å²) in [6, 6.07) is 15.9. The number of allylic oxidation sites excluding steroid dienone is 1. The van der Waals surface area contributed by atoms with Crippen molar-refractivity contribution in [2.24, 2.45) is 11.5 Å². The predicted molar refractivity (Wildman–Crippen MR) is 153 cm³/mol. The number of rotatable bonds is 11. The minimum Gasteiger partial charge on any atom is -0.375 e. The van der Waals surface area contributed by atoms with Crippen molar-refractivity contribution < 1.29 is 9.59 Å². The van der Waals surface area contributed by atoms with Crippen LogP contribution < -0.4 is 16.8 Å². The molecule has 0 fully saturated rings. The van der Waals surface area contributed by atoms with Crippen molar-refractivity contribution in [3.05, 3.63) is 101 Å². The van der Waals surface area contributed by atoms with Crippen LogP contribution in [0.1, 0.15) is 56.4 Å². The van der Waals surface area contributed by atoms with Gasteiger partial charge in [0, 0.05) is 26.3 Å². The van der Waals surface area contributed by atoms with E-state index in [4.69, 9.17) is 5.73 Å². The van der Waals surface area contributed by atoms with Crippen LogP contribution >= 0.6 is 0 Å². The number of nitrogens with one attached hydrogen (secondary N) is 1. The Hall–Kier alpha value is -3.64. The zero-order valence-corrected chi connectivity index (χ0v) is 22.8. The molecule has 196 valence electrons. The number of carbonyl (C=O) groups excluding carboxylic acids is 2. The Balaban J connectivity index is 0.00000291. The van der Waals surface area contributed by atoms with E-state index in [-0.39, 0.29) is 18.2 Å². The fourth-order valence-electron chi connectivity index (χ4n) is 3.14. The van der Waals surface area contributed by atoms with E-state index in [1.54, 1.807) is 12.3 Å². The van der Waals surface area contributed by atoms with Gasteiger partial charge in [-0.05, 0) is 42.6 Å². The van der Waals surface area contributed by atoms with Gasteiger partial charge in [-0.3, -0.25) is 9.59 Å². The van der Waals surface area contributed by atoms with Crippen LogP contribution in [0.3, 0.4) is 0 Å². The van der Waals surface area contributed by atoms with Gasteiger partial charge < -0.3 is 21.7 Å². The smallest absolute Gasteiger partial charge is 0.252 e. The Morgan fingerprint density at radius 3 is 2.00 bits per heavy atom. The van der Waals surface area contributed by atoms with E-state index in [0.717, 1.165) is 28.7 Å². The highest BCUT2D eigenvalue weighted by Crippen LogP contribution is 2.12. The SMILES string of the molecule is C=C/C(=C\N(C)Cc1ccc(CC(N)=O)cc1)C(=O)NCc1ccc(C=C(C)CC)cc1.CC.CN. The van der Waals surface area contributed by atoms with E-state index >= 15 is 0 Å². The van der Waals surface area contributed by atoms with Gasteiger partial charge in [-0.15, -0.1) is 0 Å². The van der Waals surface area contributed by atoms with Crippen LogP contribution in [0.15, 0.2) is 78.5 Å². The summed E-state index contributed by atoms with van der Waals surface area (Å²) in [5.74, 6) is -0.520. The summed E-state index contributed by atoms with van der Waals surface area (Å²) in [6.45, 7) is 13.1. The number of nitrogens with two attached hydrogens (primary N) is 2. The molecule has 0 atom stereocenters. The van der Waals surface area contributed by atoms with E-state index in [2.05, 4.69) is 49.7 Å². The molecule has 0 saturated heterocycles. The second-order valence-electron chi connectivity index (χ2n) is 7.93. The van der Waals surface area contributed by atoms with Gasteiger partial charge >= 0.3 is 0 Å². The van der Waals surface area contributed by atoms with Crippen molar-refractivity contribution in [1.82, 2.24) is 10.2 Å². The first-order valence-electron chi connectivity index (χ1n) is 12.3. The molecule has 2 aromatic carbocycles. The molecule has 2 aromatic rings. The zero-order valence-electron chi connectivity index (χ0n) is 22.8. The molecule has 0 bridgehead atoms. The minimum absolute atomic E-state index is 0.172. The fraction of sp³-hybridized carbons (Fsp3) is 0.333. The third-order valence-corrected chi connectivity index (χ3v) is 5.08. The second kappa shape index (κ2) is 18.7. The molecule has 0 aliphatic rings. The standard InChI is InChI=1S/C27H33N3O2.C2H6.CH5N/c1-5-20(3)15-21-7-11-23(12-8-21)17-29-27(32)25(6-2)19-30(4)18-24-13-9-22(10-14-24)16-26(28)31;2*1-2/h6-15,19H,2,5,16-18H2,1,3-4H3,(H2,28,31)(H,29,32);1-2H3;2H2,1H3/b20-15?,25-19+;;. The summed E-state index contributed by atoms with van der Waals surface area (Å²) in [6.07, 6.45) is 6.77. The molecule has 0 spiro atoms. The van der Waals surface area contributed by atoms with Gasteiger partial charge in [0.2, 0.25) is 5.91 Å². The first kappa shape index (κ1) is 32.4. The van der Waals surface area contributed by atoms with Crippen LogP contribution in [0, 0.1) is 0 Å². The molecule has 0 unspecified atom stereocenters. The van der Waals surface area contributed by atoms with Crippen LogP contribution in [0.5, 0.6) is 0 Å². The molecule has 0 saturated carbocycles. The molecule has 5 N–H and O–H groups in total. The van der Waals surface area contributed by atoms with Crippen LogP contribution in [-0.4, -0.2) is 30.8 Å². The van der Waals surface area contributed by atoms with Gasteiger partial charge in [-0.25, -0.2) is 0 Å². The van der Waals surface area contributed by atoms with Crippen molar-refractivity contribution in [3.63, 3.8) is 0 Å². The summed E-state index contributed by atoms with van der Waals surface area (Å²) < 4.78 is 0. The van der Waals surface area contributed by atoms with Crippen LogP contribution in [-0.2, 0) is 29.1 Å². The molecule has 0 heterocycles. The third-order valence-electron chi connectivity index (χ3n) is 5.08. The average Bonchev–Trinajstić information content (AvgIpc) is 2.89. The molecule has 6 nitrogen and oxygen atoms in total. The van der Waals surface area contributed by atoms with Crippen LogP contribution in [0.2, 0.25) is 0 Å². The third kappa shape index (κ3) is 12.7. The lowest BCUT2D eigenvalue weighted by atomic mass is 10.1. The topological polar surface area (TPSA) is 101 Å². The maximum Gasteiger partial charge on any atom is 0.252 e. The molecular weight excluding hydrogens is 448 g/mol. The predicted octanol–water partition coefficient (Wildman–Crippen LogP) is 4.95. The van der Waals surface area contributed by atoms with Crippen molar-refractivity contribution >= 4 is 17.9 Å². The van der Waals surface area contributed by atoms with E-state index in [9.17, 15) is 9.59 Å². The van der Waals surface area contributed by atoms with Crippen molar-refractivity contribution in [2.75, 3.05) is 14.1 Å². The summed E-state index contributed by atoms with van der Waals surface area (Å²) in [7, 11) is 3.40. The normalized spacial score (nSPS) is 10.8. The summed E-state index contributed by atoms with van der Waals surface area (Å²) in [5, 5.41) is 2.95. The Kier molecular flexibility index (Phi) is 16.8. The highest BCUT2D eigenvalue weighted by Gasteiger charge is 2.08. The van der Waals surface area contributed by atoms with Gasteiger partial charge in [0.1, 0.15) is 0 Å². The first-order chi connectivity index (χ1) is 17.3. The molecule has 0 aromatic heterocycles. The molecule has 2 amide bonds. The number of benzene rings is 2. The van der Waals surface area contributed by atoms with Crippen molar-refractivity contribution in [1.29, 1.82) is 0 Å². The molecule has 36 heavy (non-hydrogen) atoms. The Morgan fingerprint density at radius 1 is 0.972 bits per heavy atom.